The van der Waals surface area contributed by atoms with Crippen LogP contribution in [0.2, 0.25) is 0 Å². The van der Waals surface area contributed by atoms with Crippen LogP contribution in [0.5, 0.6) is 0 Å². The summed E-state index contributed by atoms with van der Waals surface area (Å²) >= 11 is 5.07. The molecule has 92 valence electrons. The number of thiocarbonyl (C=S) groups is 1. The first-order valence-corrected chi connectivity index (χ1v) is 6.54. The highest BCUT2D eigenvalue weighted by Crippen LogP contribution is 2.27. The maximum absolute atomic E-state index is 5.74. The average Bonchev–Trinajstić information content (AvgIpc) is 2.81. The number of rotatable bonds is 4. The molecule has 4 heteroatoms. The van der Waals surface area contributed by atoms with Crippen LogP contribution in [0.25, 0.3) is 0 Å². The Balaban J connectivity index is 2.12. The summed E-state index contributed by atoms with van der Waals surface area (Å²) in [4.78, 5) is 6.85. The molecule has 0 radical (unpaired) electrons. The van der Waals surface area contributed by atoms with Crippen LogP contribution >= 0.6 is 12.2 Å². The maximum Gasteiger partial charge on any atom is 0.106 e. The van der Waals surface area contributed by atoms with E-state index in [1.165, 1.54) is 25.7 Å². The van der Waals surface area contributed by atoms with Gasteiger partial charge in [0.25, 0.3) is 0 Å². The van der Waals surface area contributed by atoms with Crippen molar-refractivity contribution in [3.63, 3.8) is 0 Å². The molecular weight excluding hydrogens is 230 g/mol. The summed E-state index contributed by atoms with van der Waals surface area (Å²) < 4.78 is 0. The Morgan fingerprint density at radius 2 is 2.24 bits per heavy atom. The molecule has 1 saturated carbocycles. The third-order valence-corrected chi connectivity index (χ3v) is 3.70. The van der Waals surface area contributed by atoms with E-state index in [1.807, 2.05) is 12.3 Å². The molecule has 0 aliphatic heterocycles. The lowest BCUT2D eigenvalue weighted by Crippen LogP contribution is -2.26. The third-order valence-electron chi connectivity index (χ3n) is 3.48. The van der Waals surface area contributed by atoms with Crippen molar-refractivity contribution in [1.82, 2.24) is 4.98 Å². The van der Waals surface area contributed by atoms with Crippen molar-refractivity contribution in [3.05, 3.63) is 24.0 Å². The molecule has 0 spiro atoms. The molecule has 2 N–H and O–H groups in total. The summed E-state index contributed by atoms with van der Waals surface area (Å²) in [5.74, 6) is 0.805. The van der Waals surface area contributed by atoms with E-state index in [1.54, 1.807) is 6.20 Å². The van der Waals surface area contributed by atoms with E-state index >= 15 is 0 Å². The van der Waals surface area contributed by atoms with Crippen LogP contribution in [0.1, 0.15) is 31.2 Å². The second-order valence-corrected chi connectivity index (χ2v) is 5.23. The van der Waals surface area contributed by atoms with Crippen LogP contribution in [-0.2, 0) is 0 Å². The molecule has 0 bridgehead atoms. The summed E-state index contributed by atoms with van der Waals surface area (Å²) in [6.45, 7) is 1.07. The fourth-order valence-electron chi connectivity index (χ4n) is 2.58. The monoisotopic (exact) mass is 249 g/mol. The molecule has 1 aliphatic rings. The maximum atomic E-state index is 5.74. The molecule has 1 fully saturated rings. The molecule has 2 rings (SSSR count). The summed E-state index contributed by atoms with van der Waals surface area (Å²) in [5.41, 5.74) is 7.71. The van der Waals surface area contributed by atoms with Gasteiger partial charge >= 0.3 is 0 Å². The highest BCUT2D eigenvalue weighted by Gasteiger charge is 2.18. The van der Waals surface area contributed by atoms with Gasteiger partial charge in [-0.05, 0) is 24.8 Å². The van der Waals surface area contributed by atoms with Crippen molar-refractivity contribution in [2.45, 2.75) is 25.7 Å². The third kappa shape index (κ3) is 2.94. The van der Waals surface area contributed by atoms with Crippen molar-refractivity contribution in [1.29, 1.82) is 0 Å². The molecule has 0 unspecified atom stereocenters. The molecule has 0 aromatic carbocycles. The van der Waals surface area contributed by atoms with Crippen molar-refractivity contribution in [2.75, 3.05) is 18.5 Å². The second kappa shape index (κ2) is 5.45. The van der Waals surface area contributed by atoms with Crippen molar-refractivity contribution >= 4 is 22.9 Å². The van der Waals surface area contributed by atoms with Gasteiger partial charge in [0.2, 0.25) is 0 Å². The molecule has 0 amide bonds. The van der Waals surface area contributed by atoms with Gasteiger partial charge in [-0.3, -0.25) is 4.98 Å². The standard InChI is InChI=1S/C13H19N3S/c1-16(9-10-4-2-3-5-10)12-8-15-7-6-11(12)13(14)17/h6-8,10H,2-5,9H2,1H3,(H2,14,17). The fraction of sp³-hybridized carbons (Fsp3) is 0.538. The number of hydrogen-bond donors (Lipinski definition) is 1. The van der Waals surface area contributed by atoms with E-state index in [4.69, 9.17) is 18.0 Å². The first kappa shape index (κ1) is 12.3. The van der Waals surface area contributed by atoms with E-state index in [2.05, 4.69) is 16.9 Å². The average molecular weight is 249 g/mol. The quantitative estimate of drug-likeness (QED) is 0.832. The van der Waals surface area contributed by atoms with Gasteiger partial charge in [-0.25, -0.2) is 0 Å². The smallest absolute Gasteiger partial charge is 0.106 e. The predicted molar refractivity (Wildman–Crippen MR) is 75.4 cm³/mol. The second-order valence-electron chi connectivity index (χ2n) is 4.79. The van der Waals surface area contributed by atoms with Crippen LogP contribution in [-0.4, -0.2) is 23.6 Å². The Morgan fingerprint density at radius 3 is 2.88 bits per heavy atom. The van der Waals surface area contributed by atoms with E-state index in [0.717, 1.165) is 23.7 Å². The summed E-state index contributed by atoms with van der Waals surface area (Å²) in [6.07, 6.45) is 9.01. The summed E-state index contributed by atoms with van der Waals surface area (Å²) in [5, 5.41) is 0. The Bertz CT molecular complexity index is 399. The number of pyridine rings is 1. The van der Waals surface area contributed by atoms with Gasteiger partial charge in [0.05, 0.1) is 11.9 Å². The topological polar surface area (TPSA) is 42.2 Å². The first-order valence-electron chi connectivity index (χ1n) is 6.13. The number of anilines is 1. The fourth-order valence-corrected chi connectivity index (χ4v) is 2.75. The minimum absolute atomic E-state index is 0.445. The highest BCUT2D eigenvalue weighted by molar-refractivity contribution is 7.80. The lowest BCUT2D eigenvalue weighted by molar-refractivity contribution is 0.547. The van der Waals surface area contributed by atoms with Crippen LogP contribution in [0, 0.1) is 5.92 Å². The van der Waals surface area contributed by atoms with Crippen LogP contribution in [0.3, 0.4) is 0 Å². The molecule has 1 aromatic rings. The Kier molecular flexibility index (Phi) is 3.94. The van der Waals surface area contributed by atoms with Gasteiger partial charge in [-0.2, -0.15) is 0 Å². The Labute approximate surface area is 108 Å². The molecule has 3 nitrogen and oxygen atoms in total. The normalized spacial score (nSPS) is 16.1. The predicted octanol–water partition coefficient (Wildman–Crippen LogP) is 2.34. The number of aromatic nitrogens is 1. The SMILES string of the molecule is CN(CC1CCCC1)c1cnccc1C(N)=S. The highest BCUT2D eigenvalue weighted by atomic mass is 32.1. The minimum Gasteiger partial charge on any atom is -0.389 e. The van der Waals surface area contributed by atoms with Gasteiger partial charge < -0.3 is 10.6 Å². The van der Waals surface area contributed by atoms with Gasteiger partial charge in [-0.1, -0.05) is 25.1 Å². The molecule has 0 saturated heterocycles. The van der Waals surface area contributed by atoms with Gasteiger partial charge in [-0.15, -0.1) is 0 Å². The van der Waals surface area contributed by atoms with Gasteiger partial charge in [0.1, 0.15) is 4.99 Å². The Hall–Kier alpha value is -1.16. The zero-order valence-electron chi connectivity index (χ0n) is 10.2. The van der Waals surface area contributed by atoms with Crippen LogP contribution < -0.4 is 10.6 Å². The minimum atomic E-state index is 0.445. The first-order chi connectivity index (χ1) is 8.18. The summed E-state index contributed by atoms with van der Waals surface area (Å²) in [7, 11) is 2.09. The van der Waals surface area contributed by atoms with Crippen molar-refractivity contribution in [3.8, 4) is 0 Å². The van der Waals surface area contributed by atoms with E-state index in [9.17, 15) is 0 Å². The lowest BCUT2D eigenvalue weighted by atomic mass is 10.1. The zero-order valence-corrected chi connectivity index (χ0v) is 11.0. The number of nitrogens with two attached hydrogens (primary N) is 1. The van der Waals surface area contributed by atoms with Crippen LogP contribution in [0.15, 0.2) is 18.5 Å². The van der Waals surface area contributed by atoms with E-state index in [-0.39, 0.29) is 0 Å². The molecule has 1 aromatic heterocycles. The van der Waals surface area contributed by atoms with E-state index in [0.29, 0.717) is 4.99 Å². The zero-order chi connectivity index (χ0) is 12.3. The largest absolute Gasteiger partial charge is 0.389 e. The van der Waals surface area contributed by atoms with Gasteiger partial charge in [0, 0.05) is 25.4 Å². The molecular formula is C13H19N3S. The van der Waals surface area contributed by atoms with Crippen molar-refractivity contribution < 1.29 is 0 Å². The number of nitrogens with zero attached hydrogens (tertiary/aromatic N) is 2. The van der Waals surface area contributed by atoms with E-state index < -0.39 is 0 Å². The molecule has 17 heavy (non-hydrogen) atoms. The van der Waals surface area contributed by atoms with Gasteiger partial charge in [0.15, 0.2) is 0 Å². The molecule has 0 atom stereocenters. The Morgan fingerprint density at radius 1 is 1.53 bits per heavy atom. The summed E-state index contributed by atoms with van der Waals surface area (Å²) in [6, 6.07) is 1.89. The lowest BCUT2D eigenvalue weighted by Gasteiger charge is -2.24. The molecule has 1 heterocycles. The van der Waals surface area contributed by atoms with Crippen molar-refractivity contribution in [2.24, 2.45) is 11.7 Å². The number of hydrogen-bond acceptors (Lipinski definition) is 3. The molecule has 1 aliphatic carbocycles. The van der Waals surface area contributed by atoms with Crippen LogP contribution in [0.4, 0.5) is 5.69 Å².